The van der Waals surface area contributed by atoms with Crippen LogP contribution in [0.3, 0.4) is 0 Å². The molecule has 0 aromatic carbocycles. The Bertz CT molecular complexity index is 277. The zero-order chi connectivity index (χ0) is 13.5. The van der Waals surface area contributed by atoms with E-state index in [1.54, 1.807) is 0 Å². The van der Waals surface area contributed by atoms with Gasteiger partial charge in [0.1, 0.15) is 7.11 Å². The van der Waals surface area contributed by atoms with Crippen molar-refractivity contribution >= 4 is 13.8 Å². The number of guanidine groups is 1. The van der Waals surface area contributed by atoms with Gasteiger partial charge in [-0.2, -0.15) is 0 Å². The molecular weight excluding hydrogens is 244 g/mol. The van der Waals surface area contributed by atoms with Crippen molar-refractivity contribution in [1.82, 2.24) is 9.80 Å². The summed E-state index contributed by atoms with van der Waals surface area (Å²) in [6.45, 7) is 21.1. The third-order valence-corrected chi connectivity index (χ3v) is 2.46. The Balaban J connectivity index is 5.30. The second-order valence-electron chi connectivity index (χ2n) is 2.77. The van der Waals surface area contributed by atoms with Crippen molar-refractivity contribution in [2.24, 2.45) is 4.76 Å². The van der Waals surface area contributed by atoms with Gasteiger partial charge in [-0.25, -0.2) is 4.57 Å². The molecule has 0 heterocycles. The van der Waals surface area contributed by atoms with E-state index >= 15 is 0 Å². The van der Waals surface area contributed by atoms with Gasteiger partial charge in [-0.3, -0.25) is 4.52 Å². The first-order valence-electron chi connectivity index (χ1n) is 4.54. The molecule has 0 spiro atoms. The predicted octanol–water partition coefficient (Wildman–Crippen LogP) is 1.55. The van der Waals surface area contributed by atoms with E-state index in [2.05, 4.69) is 16.4 Å². The Morgan fingerprint density at radius 1 is 1.12 bits per heavy atom. The Labute approximate surface area is 103 Å². The second-order valence-corrected chi connectivity index (χ2v) is 4.08. The Kier molecular flexibility index (Phi) is 7.39. The van der Waals surface area contributed by atoms with Gasteiger partial charge < -0.3 is 9.80 Å². The molecule has 5 nitrogen and oxygen atoms in total. The highest BCUT2D eigenvalue weighted by atomic mass is 31.2. The molecule has 0 saturated carbocycles. The van der Waals surface area contributed by atoms with Crippen LogP contribution in [0.15, 0.2) is 4.76 Å². The molecule has 0 fully saturated rings. The van der Waals surface area contributed by atoms with Crippen LogP contribution >= 0.6 is 7.83 Å². The van der Waals surface area contributed by atoms with Crippen LogP contribution in [0.1, 0.15) is 0 Å². The average Bonchev–Trinajstić information content (AvgIpc) is 2.31. The summed E-state index contributed by atoms with van der Waals surface area (Å²) < 4.78 is 31.0. The fraction of sp³-hybridized carbons (Fsp3) is 0.400. The summed E-state index contributed by atoms with van der Waals surface area (Å²) in [4.78, 5) is 2.40. The molecule has 1 unspecified atom stereocenters. The maximum absolute atomic E-state index is 13.1. The minimum atomic E-state index is -4.83. The molecule has 10 radical (unpaired) electrons. The molecule has 0 aromatic heterocycles. The third-order valence-electron chi connectivity index (χ3n) is 1.79. The van der Waals surface area contributed by atoms with Gasteiger partial charge in [0.25, 0.3) is 0 Å². The SMILES string of the molecule is [CH]CN(C[CH])C(=NP(=O)(F)O[CH])N(C[CH])C[CH]. The maximum atomic E-state index is 13.1. The van der Waals surface area contributed by atoms with Crippen LogP contribution in [0.2, 0.25) is 0 Å². The Morgan fingerprint density at radius 3 is 1.71 bits per heavy atom. The van der Waals surface area contributed by atoms with Gasteiger partial charge >= 0.3 is 7.83 Å². The smallest absolute Gasteiger partial charge is 0.342 e. The van der Waals surface area contributed by atoms with E-state index in [0.29, 0.717) is 0 Å². The number of nitrogens with zero attached hydrogens (tertiary/aromatic N) is 3. The van der Waals surface area contributed by atoms with Crippen LogP contribution in [0.4, 0.5) is 4.20 Å². The lowest BCUT2D eigenvalue weighted by Crippen LogP contribution is -2.44. The Hall–Kier alpha value is -0.610. The minimum Gasteiger partial charge on any atom is -0.342 e. The van der Waals surface area contributed by atoms with Crippen LogP contribution in [-0.4, -0.2) is 41.9 Å². The molecule has 17 heavy (non-hydrogen) atoms. The maximum Gasteiger partial charge on any atom is 0.495 e. The van der Waals surface area contributed by atoms with Crippen molar-refractivity contribution in [3.63, 3.8) is 0 Å². The lowest BCUT2D eigenvalue weighted by atomic mass is 10.4. The summed E-state index contributed by atoms with van der Waals surface area (Å²) in [5, 5.41) is 0. The van der Waals surface area contributed by atoms with Gasteiger partial charge in [-0.05, 0) is 27.7 Å². The van der Waals surface area contributed by atoms with Crippen molar-refractivity contribution in [2.45, 2.75) is 0 Å². The summed E-state index contributed by atoms with van der Waals surface area (Å²) in [6.07, 6.45) is 0. The summed E-state index contributed by atoms with van der Waals surface area (Å²) in [6, 6.07) is 0. The fourth-order valence-corrected chi connectivity index (χ4v) is 1.45. The molecule has 0 aliphatic carbocycles. The normalized spacial score (nSPS) is 14.0. The molecule has 0 saturated heterocycles. The Morgan fingerprint density at radius 2 is 1.47 bits per heavy atom. The summed E-state index contributed by atoms with van der Waals surface area (Å²) >= 11 is 0. The monoisotopic (exact) mass is 257 g/mol. The van der Waals surface area contributed by atoms with Gasteiger partial charge in [0, 0.05) is 26.2 Å². The average molecular weight is 257 g/mol. The first-order valence-corrected chi connectivity index (χ1v) is 6.01. The largest absolute Gasteiger partial charge is 0.495 e. The van der Waals surface area contributed by atoms with E-state index < -0.39 is 7.83 Å². The van der Waals surface area contributed by atoms with Gasteiger partial charge in [-0.1, -0.05) is 0 Å². The number of rotatable bonds is 6. The van der Waals surface area contributed by atoms with Gasteiger partial charge in [0.15, 0.2) is 0 Å². The second kappa shape index (κ2) is 7.67. The molecule has 7 heteroatoms. The van der Waals surface area contributed by atoms with Crippen LogP contribution < -0.4 is 0 Å². The fourth-order valence-electron chi connectivity index (χ4n) is 0.933. The lowest BCUT2D eigenvalue weighted by Gasteiger charge is -2.31. The summed E-state index contributed by atoms with van der Waals surface area (Å²) in [5.74, 6) is -0.184. The standard InChI is InChI=1S/C10H13FN3O2P/c1-6-13(7-2)10(14(8-3)9-4)12-17(11,15)16-5/h1-5H,6-9H2. The molecule has 0 amide bonds. The number of hydrogen-bond acceptors (Lipinski definition) is 2. The van der Waals surface area contributed by atoms with E-state index in [1.165, 1.54) is 9.80 Å². The van der Waals surface area contributed by atoms with Crippen LogP contribution in [0.5, 0.6) is 0 Å². The molecule has 92 valence electrons. The summed E-state index contributed by atoms with van der Waals surface area (Å²) in [7, 11) is -0.316. The zero-order valence-electron chi connectivity index (χ0n) is 9.20. The molecule has 0 N–H and O–H groups in total. The van der Waals surface area contributed by atoms with E-state index in [9.17, 15) is 8.76 Å². The molecule has 0 aliphatic rings. The first kappa shape index (κ1) is 16.4. The van der Waals surface area contributed by atoms with Gasteiger partial charge in [-0.15, -0.1) is 8.96 Å². The number of halogens is 1. The highest BCUT2D eigenvalue weighted by molar-refractivity contribution is 7.52. The molecular formula is C10H13FN3O2P. The predicted molar refractivity (Wildman–Crippen MR) is 61.9 cm³/mol. The lowest BCUT2D eigenvalue weighted by molar-refractivity contribution is 0.371. The van der Waals surface area contributed by atoms with Crippen LogP contribution in [0, 0.1) is 34.8 Å². The van der Waals surface area contributed by atoms with Crippen molar-refractivity contribution in [2.75, 3.05) is 26.2 Å². The van der Waals surface area contributed by atoms with Crippen LogP contribution in [0.25, 0.3) is 0 Å². The molecule has 0 aromatic rings. The quantitative estimate of drug-likeness (QED) is 0.411. The van der Waals surface area contributed by atoms with Crippen molar-refractivity contribution in [1.29, 1.82) is 0 Å². The summed E-state index contributed by atoms with van der Waals surface area (Å²) in [5.41, 5.74) is 0. The van der Waals surface area contributed by atoms with E-state index in [-0.39, 0.29) is 32.1 Å². The van der Waals surface area contributed by atoms with Crippen molar-refractivity contribution in [3.05, 3.63) is 34.8 Å². The third kappa shape index (κ3) is 5.04. The molecule has 0 bridgehead atoms. The zero-order valence-corrected chi connectivity index (χ0v) is 10.1. The topological polar surface area (TPSA) is 45.1 Å². The van der Waals surface area contributed by atoms with E-state index in [1.807, 2.05) is 0 Å². The first-order chi connectivity index (χ1) is 7.95. The number of hydrogen-bond donors (Lipinski definition) is 0. The van der Waals surface area contributed by atoms with Crippen LogP contribution in [-0.2, 0) is 9.09 Å². The van der Waals surface area contributed by atoms with E-state index in [0.717, 1.165) is 0 Å². The molecule has 1 atom stereocenters. The van der Waals surface area contributed by atoms with E-state index in [4.69, 9.17) is 27.7 Å². The van der Waals surface area contributed by atoms with Crippen molar-refractivity contribution in [3.8, 4) is 0 Å². The van der Waals surface area contributed by atoms with Gasteiger partial charge in [0.05, 0.1) is 0 Å². The highest BCUT2D eigenvalue weighted by Crippen LogP contribution is 2.50. The highest BCUT2D eigenvalue weighted by Gasteiger charge is 2.24. The molecule has 0 rings (SSSR count). The van der Waals surface area contributed by atoms with Gasteiger partial charge in [0.2, 0.25) is 5.96 Å². The minimum absolute atomic E-state index is 0.101. The molecule has 0 aliphatic heterocycles. The van der Waals surface area contributed by atoms with Crippen molar-refractivity contribution < 1.29 is 13.3 Å².